The highest BCUT2D eigenvalue weighted by Crippen LogP contribution is 2.13. The molecule has 0 heterocycles. The number of carbonyl (C=O) groups excluding carboxylic acids is 2. The van der Waals surface area contributed by atoms with Crippen molar-refractivity contribution in [3.63, 3.8) is 0 Å². The normalized spacial score (nSPS) is 12.6. The second-order valence-corrected chi connectivity index (χ2v) is 6.79. The van der Waals surface area contributed by atoms with Gasteiger partial charge in [-0.2, -0.15) is 26.3 Å². The molecule has 0 bridgehead atoms. The van der Waals surface area contributed by atoms with Crippen LogP contribution >= 0.6 is 0 Å². The number of amides is 2. The fourth-order valence-corrected chi connectivity index (χ4v) is 1.71. The maximum Gasteiger partial charge on any atom is 0.490 e. The highest BCUT2D eigenvalue weighted by molar-refractivity contribution is 5.88. The van der Waals surface area contributed by atoms with Gasteiger partial charge in [-0.3, -0.25) is 15.0 Å². The SMILES string of the molecule is CC(C)C[C@H](N)C(=O)N[C@@H](CCCNC(=N)N)C(N)=O.O=C(O)C(F)(F)F.O=C(O)C(F)(F)F. The van der Waals surface area contributed by atoms with E-state index in [1.807, 2.05) is 13.8 Å². The fourth-order valence-electron chi connectivity index (χ4n) is 1.71. The van der Waals surface area contributed by atoms with Gasteiger partial charge in [0.25, 0.3) is 0 Å². The van der Waals surface area contributed by atoms with E-state index in [9.17, 15) is 35.9 Å². The van der Waals surface area contributed by atoms with Crippen molar-refractivity contribution in [3.8, 4) is 0 Å². The predicted octanol–water partition coefficient (Wildman–Crippen LogP) is -0.140. The summed E-state index contributed by atoms with van der Waals surface area (Å²) in [5.74, 6) is -6.33. The average Bonchev–Trinajstić information content (AvgIpc) is 2.62. The van der Waals surface area contributed by atoms with Gasteiger partial charge in [-0.1, -0.05) is 13.8 Å². The summed E-state index contributed by atoms with van der Waals surface area (Å²) in [4.78, 5) is 40.9. The van der Waals surface area contributed by atoms with Gasteiger partial charge in [-0.25, -0.2) is 9.59 Å². The van der Waals surface area contributed by atoms with E-state index in [1.54, 1.807) is 0 Å². The summed E-state index contributed by atoms with van der Waals surface area (Å²) < 4.78 is 63.5. The minimum absolute atomic E-state index is 0.136. The Morgan fingerprint density at radius 1 is 0.941 bits per heavy atom. The first-order chi connectivity index (χ1) is 15.1. The van der Waals surface area contributed by atoms with Crippen LogP contribution in [0, 0.1) is 11.3 Å². The van der Waals surface area contributed by atoms with Gasteiger partial charge in [-0.15, -0.1) is 0 Å². The Morgan fingerprint density at radius 2 is 1.32 bits per heavy atom. The number of carbonyl (C=O) groups is 4. The molecule has 0 aliphatic heterocycles. The van der Waals surface area contributed by atoms with Crippen molar-refractivity contribution < 1.29 is 55.7 Å². The summed E-state index contributed by atoms with van der Waals surface area (Å²) in [6.07, 6.45) is -8.70. The highest BCUT2D eigenvalue weighted by Gasteiger charge is 2.38. The molecule has 12 nitrogen and oxygen atoms in total. The maximum atomic E-state index is 11.8. The minimum Gasteiger partial charge on any atom is -0.475 e. The molecule has 0 spiro atoms. The Morgan fingerprint density at radius 3 is 1.59 bits per heavy atom. The molecule has 2 atom stereocenters. The van der Waals surface area contributed by atoms with Crippen molar-refractivity contribution in [1.29, 1.82) is 5.41 Å². The maximum absolute atomic E-state index is 11.8. The molecule has 2 amide bonds. The summed E-state index contributed by atoms with van der Waals surface area (Å²) in [7, 11) is 0. The smallest absolute Gasteiger partial charge is 0.475 e. The molecular formula is C16H28F6N6O6. The zero-order valence-corrected chi connectivity index (χ0v) is 18.1. The van der Waals surface area contributed by atoms with Crippen LogP contribution in [0.4, 0.5) is 26.3 Å². The van der Waals surface area contributed by atoms with Crippen molar-refractivity contribution in [1.82, 2.24) is 10.6 Å². The van der Waals surface area contributed by atoms with E-state index in [-0.39, 0.29) is 11.9 Å². The van der Waals surface area contributed by atoms with Crippen LogP contribution in [0.5, 0.6) is 0 Å². The molecule has 0 aliphatic rings. The molecule has 11 N–H and O–H groups in total. The highest BCUT2D eigenvalue weighted by atomic mass is 19.4. The van der Waals surface area contributed by atoms with E-state index >= 15 is 0 Å². The number of carboxylic acid groups (broad SMARTS) is 2. The van der Waals surface area contributed by atoms with E-state index in [1.165, 1.54) is 0 Å². The van der Waals surface area contributed by atoms with Crippen molar-refractivity contribution in [2.45, 2.75) is 57.5 Å². The summed E-state index contributed by atoms with van der Waals surface area (Å²) in [6.45, 7) is 4.37. The summed E-state index contributed by atoms with van der Waals surface area (Å²) in [6, 6.07) is -1.40. The summed E-state index contributed by atoms with van der Waals surface area (Å²) in [5.41, 5.74) is 16.1. The third-order valence-corrected chi connectivity index (χ3v) is 3.19. The van der Waals surface area contributed by atoms with Crippen LogP contribution in [0.25, 0.3) is 0 Å². The fraction of sp³-hybridized carbons (Fsp3) is 0.688. The lowest BCUT2D eigenvalue weighted by atomic mass is 10.0. The van der Waals surface area contributed by atoms with Gasteiger partial charge in [-0.05, 0) is 25.2 Å². The first-order valence-electron chi connectivity index (χ1n) is 9.16. The number of carboxylic acids is 2. The molecule has 0 unspecified atom stereocenters. The molecule has 0 saturated heterocycles. The molecule has 200 valence electrons. The first kappa shape index (κ1) is 35.3. The van der Waals surface area contributed by atoms with Gasteiger partial charge in [0.2, 0.25) is 11.8 Å². The first-order valence-corrected chi connectivity index (χ1v) is 9.16. The van der Waals surface area contributed by atoms with Crippen LogP contribution in [-0.4, -0.2) is 70.9 Å². The number of hydrogen-bond acceptors (Lipinski definition) is 6. The number of hydrogen-bond donors (Lipinski definition) is 8. The standard InChI is InChI=1S/C12H26N6O2.2C2HF3O2/c1-7(2)6-8(13)11(20)18-9(10(14)19)4-3-5-17-12(15)16;2*3-2(4,5)1(6)7/h7-9H,3-6,13H2,1-2H3,(H2,14,19)(H,18,20)(H4,15,16,17);2*(H,6,7)/t8-,9-;;/m0../s1. The minimum atomic E-state index is -5.08. The van der Waals surface area contributed by atoms with Gasteiger partial charge < -0.3 is 38.0 Å². The van der Waals surface area contributed by atoms with Crippen LogP contribution < -0.4 is 27.8 Å². The van der Waals surface area contributed by atoms with Crippen LogP contribution in [0.15, 0.2) is 0 Å². The quantitative estimate of drug-likeness (QED) is 0.0883. The lowest BCUT2D eigenvalue weighted by Gasteiger charge is -2.19. The third kappa shape index (κ3) is 21.9. The van der Waals surface area contributed by atoms with Crippen molar-refractivity contribution >= 4 is 29.7 Å². The number of primary amides is 1. The van der Waals surface area contributed by atoms with Crippen LogP contribution in [-0.2, 0) is 19.2 Å². The average molecular weight is 514 g/mol. The number of halogens is 6. The number of rotatable bonds is 9. The number of guanidine groups is 1. The number of aliphatic carboxylic acids is 2. The largest absolute Gasteiger partial charge is 0.490 e. The summed E-state index contributed by atoms with van der Waals surface area (Å²) >= 11 is 0. The molecule has 34 heavy (non-hydrogen) atoms. The van der Waals surface area contributed by atoms with Gasteiger partial charge in [0.15, 0.2) is 5.96 Å². The molecule has 18 heteroatoms. The predicted molar refractivity (Wildman–Crippen MR) is 105 cm³/mol. The molecule has 0 rings (SSSR count). The summed E-state index contributed by atoms with van der Waals surface area (Å²) in [5, 5.41) is 26.4. The van der Waals surface area contributed by atoms with E-state index in [2.05, 4.69) is 10.6 Å². The van der Waals surface area contributed by atoms with Crippen molar-refractivity contribution in [2.75, 3.05) is 6.54 Å². The van der Waals surface area contributed by atoms with Crippen LogP contribution in [0.1, 0.15) is 33.1 Å². The molecular weight excluding hydrogens is 486 g/mol. The molecule has 0 aromatic carbocycles. The van der Waals surface area contributed by atoms with Crippen LogP contribution in [0.2, 0.25) is 0 Å². The van der Waals surface area contributed by atoms with Gasteiger partial charge >= 0.3 is 24.3 Å². The number of nitrogens with one attached hydrogen (secondary N) is 3. The lowest BCUT2D eigenvalue weighted by Crippen LogP contribution is -2.50. The van der Waals surface area contributed by atoms with Crippen LogP contribution in [0.3, 0.4) is 0 Å². The zero-order chi connectivity index (χ0) is 27.9. The van der Waals surface area contributed by atoms with E-state index in [0.717, 1.165) is 0 Å². The molecule has 0 aromatic rings. The molecule has 0 radical (unpaired) electrons. The second-order valence-electron chi connectivity index (χ2n) is 6.79. The molecule has 0 aromatic heterocycles. The van der Waals surface area contributed by atoms with E-state index in [4.69, 9.17) is 42.4 Å². The van der Waals surface area contributed by atoms with E-state index in [0.29, 0.717) is 31.7 Å². The molecule has 0 fully saturated rings. The van der Waals surface area contributed by atoms with Crippen molar-refractivity contribution in [2.24, 2.45) is 23.1 Å². The Hall–Kier alpha value is -3.31. The second kappa shape index (κ2) is 16.3. The van der Waals surface area contributed by atoms with Gasteiger partial charge in [0, 0.05) is 6.54 Å². The van der Waals surface area contributed by atoms with Gasteiger partial charge in [0.1, 0.15) is 6.04 Å². The number of alkyl halides is 6. The Kier molecular flexibility index (Phi) is 16.9. The lowest BCUT2D eigenvalue weighted by molar-refractivity contribution is -0.193. The Labute approximate surface area is 189 Å². The monoisotopic (exact) mass is 514 g/mol. The number of nitrogens with two attached hydrogens (primary N) is 3. The topological polar surface area (TPSA) is 235 Å². The molecule has 0 saturated carbocycles. The third-order valence-electron chi connectivity index (χ3n) is 3.19. The van der Waals surface area contributed by atoms with Crippen molar-refractivity contribution in [3.05, 3.63) is 0 Å². The Bertz CT molecular complexity index is 662. The van der Waals surface area contributed by atoms with E-state index < -0.39 is 42.3 Å². The van der Waals surface area contributed by atoms with Gasteiger partial charge in [0.05, 0.1) is 6.04 Å². The zero-order valence-electron chi connectivity index (χ0n) is 18.1. The Balaban J connectivity index is -0.000000558. The molecule has 0 aliphatic carbocycles.